The van der Waals surface area contributed by atoms with E-state index in [1.54, 1.807) is 0 Å². The first-order chi connectivity index (χ1) is 8.49. The Labute approximate surface area is 107 Å². The molecule has 2 rings (SSSR count). The van der Waals surface area contributed by atoms with Gasteiger partial charge in [-0.25, -0.2) is 0 Å². The lowest BCUT2D eigenvalue weighted by molar-refractivity contribution is 0.0662. The summed E-state index contributed by atoms with van der Waals surface area (Å²) < 4.78 is 0. The third kappa shape index (κ3) is 2.51. The number of likely N-dealkylation sites (tertiary alicyclic amines) is 1. The fourth-order valence-electron chi connectivity index (χ4n) is 2.28. The fraction of sp³-hybridized carbons (Fsp3) is 0.615. The molecular weight excluding hydrogens is 228 g/mol. The molecule has 1 aliphatic rings. The van der Waals surface area contributed by atoms with Gasteiger partial charge >= 0.3 is 0 Å². The van der Waals surface area contributed by atoms with Crippen molar-refractivity contribution in [2.75, 3.05) is 13.1 Å². The van der Waals surface area contributed by atoms with Crippen LogP contribution in [0.3, 0.4) is 0 Å². The van der Waals surface area contributed by atoms with Gasteiger partial charge in [-0.1, -0.05) is 6.92 Å². The van der Waals surface area contributed by atoms with Gasteiger partial charge < -0.3 is 10.6 Å². The van der Waals surface area contributed by atoms with E-state index in [1.165, 1.54) is 0 Å². The van der Waals surface area contributed by atoms with Crippen molar-refractivity contribution in [3.05, 3.63) is 23.0 Å². The van der Waals surface area contributed by atoms with Gasteiger partial charge in [-0.15, -0.1) is 0 Å². The SMILES string of the molecule is Cc1cc(C(=O)N2CCC(N)C(C)C2)c(C)nn1. The average molecular weight is 248 g/mol. The lowest BCUT2D eigenvalue weighted by Crippen LogP contribution is -2.48. The van der Waals surface area contributed by atoms with Crippen LogP contribution in [-0.4, -0.2) is 40.1 Å². The van der Waals surface area contributed by atoms with Crippen molar-refractivity contribution in [3.8, 4) is 0 Å². The maximum absolute atomic E-state index is 12.4. The summed E-state index contributed by atoms with van der Waals surface area (Å²) >= 11 is 0. The average Bonchev–Trinajstić information content (AvgIpc) is 2.35. The minimum atomic E-state index is 0.0456. The van der Waals surface area contributed by atoms with E-state index in [-0.39, 0.29) is 11.9 Å². The molecule has 1 amide bonds. The number of aryl methyl sites for hydroxylation is 2. The molecule has 1 fully saturated rings. The van der Waals surface area contributed by atoms with Crippen LogP contribution >= 0.6 is 0 Å². The highest BCUT2D eigenvalue weighted by atomic mass is 16.2. The van der Waals surface area contributed by atoms with E-state index in [0.29, 0.717) is 17.2 Å². The second-order valence-electron chi connectivity index (χ2n) is 5.17. The molecule has 0 bridgehead atoms. The van der Waals surface area contributed by atoms with E-state index in [0.717, 1.165) is 25.2 Å². The summed E-state index contributed by atoms with van der Waals surface area (Å²) in [5.74, 6) is 0.392. The molecule has 5 nitrogen and oxygen atoms in total. The summed E-state index contributed by atoms with van der Waals surface area (Å²) in [7, 11) is 0. The number of piperidine rings is 1. The Kier molecular flexibility index (Phi) is 3.61. The molecule has 2 heterocycles. The number of rotatable bonds is 1. The lowest BCUT2D eigenvalue weighted by Gasteiger charge is -2.35. The van der Waals surface area contributed by atoms with E-state index < -0.39 is 0 Å². The first-order valence-electron chi connectivity index (χ1n) is 6.35. The van der Waals surface area contributed by atoms with Gasteiger partial charge in [0.25, 0.3) is 5.91 Å². The number of carbonyl (C=O) groups is 1. The molecule has 1 aliphatic heterocycles. The molecule has 18 heavy (non-hydrogen) atoms. The van der Waals surface area contributed by atoms with Gasteiger partial charge in [0.05, 0.1) is 17.0 Å². The third-order valence-electron chi connectivity index (χ3n) is 3.59. The van der Waals surface area contributed by atoms with Crippen LogP contribution in [0.4, 0.5) is 0 Å². The third-order valence-corrected chi connectivity index (χ3v) is 3.59. The van der Waals surface area contributed by atoms with Crippen LogP contribution in [0.1, 0.15) is 35.1 Å². The molecule has 0 spiro atoms. The van der Waals surface area contributed by atoms with E-state index in [9.17, 15) is 4.79 Å². The van der Waals surface area contributed by atoms with Crippen molar-refractivity contribution in [1.82, 2.24) is 15.1 Å². The summed E-state index contributed by atoms with van der Waals surface area (Å²) in [6, 6.07) is 2.01. The van der Waals surface area contributed by atoms with Gasteiger partial charge in [0, 0.05) is 19.1 Å². The minimum Gasteiger partial charge on any atom is -0.338 e. The monoisotopic (exact) mass is 248 g/mol. The van der Waals surface area contributed by atoms with Crippen LogP contribution in [0.15, 0.2) is 6.07 Å². The topological polar surface area (TPSA) is 72.1 Å². The standard InChI is InChI=1S/C13H20N4O/c1-8-7-17(5-4-12(8)14)13(18)11-6-9(2)15-16-10(11)3/h6,8,12H,4-5,7,14H2,1-3H3. The Morgan fingerprint density at radius 3 is 2.83 bits per heavy atom. The van der Waals surface area contributed by atoms with Gasteiger partial charge in [0.2, 0.25) is 0 Å². The van der Waals surface area contributed by atoms with Crippen LogP contribution < -0.4 is 5.73 Å². The Hall–Kier alpha value is -1.49. The molecule has 0 saturated carbocycles. The molecule has 0 aliphatic carbocycles. The summed E-state index contributed by atoms with van der Waals surface area (Å²) in [5, 5.41) is 7.96. The lowest BCUT2D eigenvalue weighted by atomic mass is 9.94. The van der Waals surface area contributed by atoms with Gasteiger partial charge in [0.1, 0.15) is 0 Å². The predicted octanol–water partition coefficient (Wildman–Crippen LogP) is 0.903. The number of amides is 1. The first-order valence-corrected chi connectivity index (χ1v) is 6.35. The molecule has 5 heteroatoms. The van der Waals surface area contributed by atoms with Crippen LogP contribution in [0.25, 0.3) is 0 Å². The Morgan fingerprint density at radius 2 is 2.17 bits per heavy atom. The Morgan fingerprint density at radius 1 is 1.44 bits per heavy atom. The molecule has 2 unspecified atom stereocenters. The molecule has 0 aromatic carbocycles. The van der Waals surface area contributed by atoms with Crippen LogP contribution in [0.5, 0.6) is 0 Å². The van der Waals surface area contributed by atoms with Gasteiger partial charge in [0.15, 0.2) is 0 Å². The van der Waals surface area contributed by atoms with Gasteiger partial charge in [-0.2, -0.15) is 10.2 Å². The van der Waals surface area contributed by atoms with Crippen LogP contribution in [0, 0.1) is 19.8 Å². The van der Waals surface area contributed by atoms with Gasteiger partial charge in [-0.3, -0.25) is 4.79 Å². The number of carbonyl (C=O) groups excluding carboxylic acids is 1. The van der Waals surface area contributed by atoms with E-state index in [4.69, 9.17) is 5.73 Å². The number of aromatic nitrogens is 2. The zero-order chi connectivity index (χ0) is 13.3. The number of hydrogen-bond acceptors (Lipinski definition) is 4. The minimum absolute atomic E-state index is 0.0456. The fourth-order valence-corrected chi connectivity index (χ4v) is 2.28. The second-order valence-corrected chi connectivity index (χ2v) is 5.17. The van der Waals surface area contributed by atoms with Crippen LogP contribution in [0.2, 0.25) is 0 Å². The number of nitrogens with zero attached hydrogens (tertiary/aromatic N) is 3. The summed E-state index contributed by atoms with van der Waals surface area (Å²) in [6.07, 6.45) is 0.865. The molecule has 1 saturated heterocycles. The summed E-state index contributed by atoms with van der Waals surface area (Å²) in [5.41, 5.74) is 8.09. The maximum Gasteiger partial charge on any atom is 0.255 e. The zero-order valence-electron chi connectivity index (χ0n) is 11.2. The van der Waals surface area contributed by atoms with Crippen molar-refractivity contribution >= 4 is 5.91 Å². The Bertz CT molecular complexity index is 460. The highest BCUT2D eigenvalue weighted by molar-refractivity contribution is 5.95. The van der Waals surface area contributed by atoms with Crippen molar-refractivity contribution in [1.29, 1.82) is 0 Å². The number of nitrogens with two attached hydrogens (primary N) is 1. The predicted molar refractivity (Wildman–Crippen MR) is 69.2 cm³/mol. The quantitative estimate of drug-likeness (QED) is 0.801. The summed E-state index contributed by atoms with van der Waals surface area (Å²) in [4.78, 5) is 14.3. The molecule has 98 valence electrons. The Balaban J connectivity index is 2.19. The van der Waals surface area contributed by atoms with Crippen molar-refractivity contribution in [2.24, 2.45) is 11.7 Å². The number of hydrogen-bond donors (Lipinski definition) is 1. The van der Waals surface area contributed by atoms with E-state index in [2.05, 4.69) is 17.1 Å². The molecule has 1 aromatic heterocycles. The molecule has 0 radical (unpaired) electrons. The first kappa shape index (κ1) is 13.0. The summed E-state index contributed by atoms with van der Waals surface area (Å²) in [6.45, 7) is 7.20. The molecular formula is C13H20N4O. The van der Waals surface area contributed by atoms with Crippen LogP contribution in [-0.2, 0) is 0 Å². The molecule has 1 aromatic rings. The van der Waals surface area contributed by atoms with Gasteiger partial charge in [-0.05, 0) is 32.3 Å². The highest BCUT2D eigenvalue weighted by Crippen LogP contribution is 2.18. The van der Waals surface area contributed by atoms with Crippen molar-refractivity contribution < 1.29 is 4.79 Å². The maximum atomic E-state index is 12.4. The molecule has 2 N–H and O–H groups in total. The van der Waals surface area contributed by atoms with E-state index >= 15 is 0 Å². The largest absolute Gasteiger partial charge is 0.338 e. The molecule has 2 atom stereocenters. The normalized spacial score (nSPS) is 24.1. The van der Waals surface area contributed by atoms with Crippen molar-refractivity contribution in [3.63, 3.8) is 0 Å². The highest BCUT2D eigenvalue weighted by Gasteiger charge is 2.27. The second kappa shape index (κ2) is 5.02. The zero-order valence-corrected chi connectivity index (χ0v) is 11.2. The van der Waals surface area contributed by atoms with Crippen molar-refractivity contribution in [2.45, 2.75) is 33.2 Å². The van der Waals surface area contributed by atoms with E-state index in [1.807, 2.05) is 24.8 Å². The smallest absolute Gasteiger partial charge is 0.255 e.